The molecule has 2 aromatic rings. The van der Waals surface area contributed by atoms with Gasteiger partial charge in [-0.25, -0.2) is 9.18 Å². The van der Waals surface area contributed by atoms with Gasteiger partial charge in [0.05, 0.1) is 19.3 Å². The van der Waals surface area contributed by atoms with Gasteiger partial charge in [0.25, 0.3) is 0 Å². The molecule has 0 spiro atoms. The molecule has 1 saturated heterocycles. The average molecular weight is 426 g/mol. The highest BCUT2D eigenvalue weighted by Gasteiger charge is 2.26. The summed E-state index contributed by atoms with van der Waals surface area (Å²) < 4.78 is 31.7. The minimum atomic E-state index is -0.640. The molecule has 0 atom stereocenters. The van der Waals surface area contributed by atoms with Crippen LogP contribution in [-0.2, 0) is 17.6 Å². The molecule has 164 valence electrons. The molecule has 0 unspecified atom stereocenters. The van der Waals surface area contributed by atoms with E-state index in [2.05, 4.69) is 35.2 Å². The number of halogens is 2. The van der Waals surface area contributed by atoms with E-state index in [1.165, 1.54) is 18.7 Å². The Morgan fingerprint density at radius 3 is 2.68 bits per heavy atom. The highest BCUT2D eigenvalue weighted by atomic mass is 19.1. The fourth-order valence-electron chi connectivity index (χ4n) is 4.69. The van der Waals surface area contributed by atoms with Crippen LogP contribution in [0.15, 0.2) is 42.5 Å². The van der Waals surface area contributed by atoms with Gasteiger partial charge in [-0.1, -0.05) is 30.3 Å². The zero-order chi connectivity index (χ0) is 21.8. The molecule has 2 aliphatic rings. The van der Waals surface area contributed by atoms with Crippen LogP contribution in [0, 0.1) is 11.7 Å². The lowest BCUT2D eigenvalue weighted by Gasteiger charge is -2.39. The number of hydrogen-bond donors (Lipinski definition) is 0. The monoisotopic (exact) mass is 425 g/mol. The molecule has 1 aliphatic carbocycles. The molecule has 0 radical (unpaired) electrons. The van der Waals surface area contributed by atoms with Crippen LogP contribution in [0.5, 0.6) is 0 Å². The van der Waals surface area contributed by atoms with Gasteiger partial charge in [0, 0.05) is 19.6 Å². The molecule has 1 aliphatic heterocycles. The summed E-state index contributed by atoms with van der Waals surface area (Å²) in [6.07, 6.45) is 6.50. The smallest absolute Gasteiger partial charge is 0.340 e. The van der Waals surface area contributed by atoms with E-state index in [1.807, 2.05) is 0 Å². The number of carbonyl (C=O) groups is 1. The third kappa shape index (κ3) is 4.87. The molecule has 0 N–H and O–H groups in total. The number of aryl methyl sites for hydroxylation is 1. The fourth-order valence-corrected chi connectivity index (χ4v) is 4.69. The van der Waals surface area contributed by atoms with Crippen molar-refractivity contribution in [3.05, 3.63) is 76.1 Å². The highest BCUT2D eigenvalue weighted by molar-refractivity contribution is 5.91. The largest absolute Gasteiger partial charge is 0.465 e. The Labute approximate surface area is 182 Å². The number of carbonyl (C=O) groups excluding carboxylic acids is 1. The first-order chi connectivity index (χ1) is 15.1. The van der Waals surface area contributed by atoms with Crippen LogP contribution in [0.4, 0.5) is 8.78 Å². The number of nitrogens with zero attached hydrogens (tertiary/aromatic N) is 1. The maximum absolute atomic E-state index is 14.6. The molecule has 2 aromatic carbocycles. The summed E-state index contributed by atoms with van der Waals surface area (Å²) in [5, 5.41) is 0. The number of hydrogen-bond acceptors (Lipinski definition) is 3. The fraction of sp³-hybridized carbons (Fsp3) is 0.423. The Morgan fingerprint density at radius 2 is 1.97 bits per heavy atom. The molecule has 0 aromatic heterocycles. The van der Waals surface area contributed by atoms with Crippen LogP contribution in [-0.4, -0.2) is 44.3 Å². The summed E-state index contributed by atoms with van der Waals surface area (Å²) in [5.41, 5.74) is 5.22. The van der Waals surface area contributed by atoms with E-state index >= 15 is 0 Å². The molecule has 0 amide bonds. The minimum absolute atomic E-state index is 0.00101. The standard InChI is InChI=1S/C26H29F2NO2/c1-31-26(30)24-14-21-5-2-3-6-22(23(21)15-25(24)28)20-9-7-18(8-10-20)13-19-16-29(17-19)12-4-11-27/h6-10,14-15,19H,2-5,11-13,16-17H2,1H3. The number of likely N-dealkylation sites (tertiary alicyclic amines) is 1. The molecule has 4 rings (SSSR count). The second-order valence-electron chi connectivity index (χ2n) is 8.56. The van der Waals surface area contributed by atoms with Gasteiger partial charge in [-0.2, -0.15) is 0 Å². The van der Waals surface area contributed by atoms with E-state index in [1.54, 1.807) is 6.07 Å². The summed E-state index contributed by atoms with van der Waals surface area (Å²) in [7, 11) is 1.27. The van der Waals surface area contributed by atoms with E-state index in [4.69, 9.17) is 4.74 Å². The van der Waals surface area contributed by atoms with Gasteiger partial charge in [-0.3, -0.25) is 4.39 Å². The lowest BCUT2D eigenvalue weighted by atomic mass is 9.89. The van der Waals surface area contributed by atoms with E-state index in [9.17, 15) is 13.6 Å². The Balaban J connectivity index is 1.49. The van der Waals surface area contributed by atoms with Gasteiger partial charge in [-0.05, 0) is 78.0 Å². The number of rotatable bonds is 7. The lowest BCUT2D eigenvalue weighted by Crippen LogP contribution is -2.47. The number of esters is 1. The Bertz CT molecular complexity index is 962. The van der Waals surface area contributed by atoms with Crippen LogP contribution in [0.25, 0.3) is 5.57 Å². The second kappa shape index (κ2) is 9.73. The maximum atomic E-state index is 14.6. The first-order valence-electron chi connectivity index (χ1n) is 11.1. The van der Waals surface area contributed by atoms with Gasteiger partial charge >= 0.3 is 5.97 Å². The zero-order valence-corrected chi connectivity index (χ0v) is 18.0. The van der Waals surface area contributed by atoms with E-state index < -0.39 is 11.8 Å². The quantitative estimate of drug-likeness (QED) is 0.570. The average Bonchev–Trinajstić information content (AvgIpc) is 2.96. The van der Waals surface area contributed by atoms with Gasteiger partial charge in [0.2, 0.25) is 0 Å². The van der Waals surface area contributed by atoms with Crippen molar-refractivity contribution >= 4 is 11.5 Å². The third-order valence-corrected chi connectivity index (χ3v) is 6.32. The SMILES string of the molecule is COC(=O)c1cc2c(cc1F)C(c1ccc(CC3CN(CCCF)C3)cc1)=CCCC2. The summed E-state index contributed by atoms with van der Waals surface area (Å²) in [6.45, 7) is 2.70. The van der Waals surface area contributed by atoms with E-state index in [-0.39, 0.29) is 12.2 Å². The minimum Gasteiger partial charge on any atom is -0.465 e. The molecule has 1 fully saturated rings. The number of ether oxygens (including phenoxy) is 1. The van der Waals surface area contributed by atoms with E-state index in [0.717, 1.165) is 67.6 Å². The van der Waals surface area contributed by atoms with Crippen molar-refractivity contribution in [1.82, 2.24) is 4.90 Å². The Morgan fingerprint density at radius 1 is 1.19 bits per heavy atom. The maximum Gasteiger partial charge on any atom is 0.340 e. The number of alkyl halides is 1. The predicted octanol–water partition coefficient (Wildman–Crippen LogP) is 5.21. The first kappa shape index (κ1) is 21.7. The van der Waals surface area contributed by atoms with Gasteiger partial charge in [0.1, 0.15) is 5.82 Å². The molecule has 0 bridgehead atoms. The Hall–Kier alpha value is -2.53. The highest BCUT2D eigenvalue weighted by Crippen LogP contribution is 2.33. The molecule has 0 saturated carbocycles. The molecule has 31 heavy (non-hydrogen) atoms. The van der Waals surface area contributed by atoms with Crippen molar-refractivity contribution in [3.63, 3.8) is 0 Å². The van der Waals surface area contributed by atoms with Crippen molar-refractivity contribution < 1.29 is 18.3 Å². The van der Waals surface area contributed by atoms with Gasteiger partial charge in [0.15, 0.2) is 0 Å². The Kier molecular flexibility index (Phi) is 6.81. The zero-order valence-electron chi connectivity index (χ0n) is 18.0. The van der Waals surface area contributed by atoms with Crippen LogP contribution < -0.4 is 0 Å². The van der Waals surface area contributed by atoms with Crippen LogP contribution in [0.2, 0.25) is 0 Å². The van der Waals surface area contributed by atoms with Crippen molar-refractivity contribution in [1.29, 1.82) is 0 Å². The summed E-state index contributed by atoms with van der Waals surface area (Å²) in [6, 6.07) is 11.7. The molecule has 3 nitrogen and oxygen atoms in total. The molecular weight excluding hydrogens is 396 g/mol. The summed E-state index contributed by atoms with van der Waals surface area (Å²) in [5.74, 6) is -0.551. The number of allylic oxidation sites excluding steroid dienone is 1. The van der Waals surface area contributed by atoms with Gasteiger partial charge in [-0.15, -0.1) is 0 Å². The predicted molar refractivity (Wildman–Crippen MR) is 118 cm³/mol. The van der Waals surface area contributed by atoms with Crippen molar-refractivity contribution in [3.8, 4) is 0 Å². The van der Waals surface area contributed by atoms with Crippen molar-refractivity contribution in [2.75, 3.05) is 33.4 Å². The topological polar surface area (TPSA) is 29.5 Å². The number of methoxy groups -OCH3 is 1. The second-order valence-corrected chi connectivity index (χ2v) is 8.56. The van der Waals surface area contributed by atoms with Gasteiger partial charge < -0.3 is 9.64 Å². The van der Waals surface area contributed by atoms with Crippen LogP contribution in [0.3, 0.4) is 0 Å². The van der Waals surface area contributed by atoms with Crippen molar-refractivity contribution in [2.24, 2.45) is 5.92 Å². The molecule has 5 heteroatoms. The third-order valence-electron chi connectivity index (χ3n) is 6.32. The molecule has 1 heterocycles. The molecular formula is C26H29F2NO2. The first-order valence-corrected chi connectivity index (χ1v) is 11.1. The summed E-state index contributed by atoms with van der Waals surface area (Å²) >= 11 is 0. The summed E-state index contributed by atoms with van der Waals surface area (Å²) in [4.78, 5) is 14.2. The van der Waals surface area contributed by atoms with E-state index in [0.29, 0.717) is 12.3 Å². The van der Waals surface area contributed by atoms with Crippen molar-refractivity contribution in [2.45, 2.75) is 32.1 Å². The van der Waals surface area contributed by atoms with Crippen LogP contribution in [0.1, 0.15) is 51.9 Å². The lowest BCUT2D eigenvalue weighted by molar-refractivity contribution is 0.0595. The normalized spacial score (nSPS) is 16.8. The number of benzene rings is 2. The van der Waals surface area contributed by atoms with Crippen LogP contribution >= 0.6 is 0 Å². The number of fused-ring (bicyclic) bond motifs is 1.